The maximum absolute atomic E-state index is 11.0. The van der Waals surface area contributed by atoms with Gasteiger partial charge in [-0.1, -0.05) is 6.92 Å². The molecule has 3 heteroatoms. The second-order valence-electron chi connectivity index (χ2n) is 3.24. The van der Waals surface area contributed by atoms with Crippen molar-refractivity contribution in [3.63, 3.8) is 0 Å². The van der Waals surface area contributed by atoms with E-state index in [4.69, 9.17) is 0 Å². The summed E-state index contributed by atoms with van der Waals surface area (Å²) in [6.07, 6.45) is 0.938. The second-order valence-corrected chi connectivity index (χ2v) is 3.24. The average Bonchev–Trinajstić information content (AvgIpc) is 1.88. The molecule has 0 fully saturated rings. The van der Waals surface area contributed by atoms with Crippen molar-refractivity contribution in [2.45, 2.75) is 39.7 Å². The zero-order valence-electron chi connectivity index (χ0n) is 8.06. The Morgan fingerprint density at radius 1 is 1.55 bits per heavy atom. The van der Waals surface area contributed by atoms with E-state index in [0.29, 0.717) is 0 Å². The SMILES string of the molecule is CCC(C)(C)N(NC)C(C)=O. The first-order valence-corrected chi connectivity index (χ1v) is 3.94. The fraction of sp³-hybridized carbons (Fsp3) is 0.875. The van der Waals surface area contributed by atoms with Gasteiger partial charge in [0.15, 0.2) is 0 Å². The van der Waals surface area contributed by atoms with Gasteiger partial charge in [0.05, 0.1) is 5.54 Å². The van der Waals surface area contributed by atoms with E-state index in [0.717, 1.165) is 6.42 Å². The molecular weight excluding hydrogens is 140 g/mol. The van der Waals surface area contributed by atoms with Crippen LogP contribution in [0.1, 0.15) is 34.1 Å². The topological polar surface area (TPSA) is 32.3 Å². The van der Waals surface area contributed by atoms with Crippen molar-refractivity contribution in [3.8, 4) is 0 Å². The summed E-state index contributed by atoms with van der Waals surface area (Å²) in [7, 11) is 1.76. The van der Waals surface area contributed by atoms with E-state index in [2.05, 4.69) is 12.3 Å². The van der Waals surface area contributed by atoms with Gasteiger partial charge >= 0.3 is 0 Å². The zero-order chi connectivity index (χ0) is 9.07. The molecule has 0 aliphatic carbocycles. The van der Waals surface area contributed by atoms with Crippen LogP contribution in [0.3, 0.4) is 0 Å². The van der Waals surface area contributed by atoms with Gasteiger partial charge in [-0.25, -0.2) is 5.43 Å². The molecule has 0 saturated heterocycles. The summed E-state index contributed by atoms with van der Waals surface area (Å²) in [5.41, 5.74) is 2.78. The first-order valence-electron chi connectivity index (χ1n) is 3.94. The lowest BCUT2D eigenvalue weighted by Gasteiger charge is -2.36. The molecule has 0 unspecified atom stereocenters. The maximum Gasteiger partial charge on any atom is 0.234 e. The average molecular weight is 158 g/mol. The molecule has 0 aromatic rings. The fourth-order valence-corrected chi connectivity index (χ4v) is 1.04. The van der Waals surface area contributed by atoms with Crippen molar-refractivity contribution >= 4 is 5.91 Å². The maximum atomic E-state index is 11.0. The summed E-state index contributed by atoms with van der Waals surface area (Å²) in [6.45, 7) is 7.69. The smallest absolute Gasteiger partial charge is 0.234 e. The number of rotatable bonds is 3. The van der Waals surface area contributed by atoms with E-state index in [1.165, 1.54) is 0 Å². The fourth-order valence-electron chi connectivity index (χ4n) is 1.04. The molecule has 1 amide bonds. The number of hydrogen-bond acceptors (Lipinski definition) is 2. The van der Waals surface area contributed by atoms with Gasteiger partial charge in [-0.05, 0) is 20.3 Å². The molecule has 0 aromatic heterocycles. The van der Waals surface area contributed by atoms with Gasteiger partial charge in [0.25, 0.3) is 0 Å². The third-order valence-electron chi connectivity index (χ3n) is 2.01. The Morgan fingerprint density at radius 2 is 2.00 bits per heavy atom. The van der Waals surface area contributed by atoms with Gasteiger partial charge in [-0.2, -0.15) is 0 Å². The minimum atomic E-state index is -0.0966. The number of amides is 1. The number of nitrogens with one attached hydrogen (secondary N) is 1. The van der Waals surface area contributed by atoms with Crippen molar-refractivity contribution < 1.29 is 4.79 Å². The molecular formula is C8H18N2O. The van der Waals surface area contributed by atoms with Crippen molar-refractivity contribution in [1.29, 1.82) is 0 Å². The molecule has 0 aromatic carbocycles. The van der Waals surface area contributed by atoms with Crippen molar-refractivity contribution in [2.24, 2.45) is 0 Å². The molecule has 1 N–H and O–H groups in total. The predicted molar refractivity (Wildman–Crippen MR) is 45.9 cm³/mol. The molecule has 0 bridgehead atoms. The number of carbonyl (C=O) groups is 1. The van der Waals surface area contributed by atoms with Crippen LogP contribution < -0.4 is 5.43 Å². The standard InChI is InChI=1S/C8H18N2O/c1-6-8(3,4)10(9-5)7(2)11/h9H,6H2,1-5H3. The number of hydrazine groups is 1. The third kappa shape index (κ3) is 2.50. The normalized spacial score (nSPS) is 11.4. The number of nitrogens with zero attached hydrogens (tertiary/aromatic N) is 1. The Morgan fingerprint density at radius 3 is 2.09 bits per heavy atom. The van der Waals surface area contributed by atoms with E-state index >= 15 is 0 Å². The summed E-state index contributed by atoms with van der Waals surface area (Å²) in [5.74, 6) is 0.0550. The molecule has 0 atom stereocenters. The van der Waals surface area contributed by atoms with Crippen LogP contribution in [0, 0.1) is 0 Å². The molecule has 0 radical (unpaired) electrons. The molecule has 0 saturated carbocycles. The summed E-state index contributed by atoms with van der Waals surface area (Å²) in [6, 6.07) is 0. The molecule has 3 nitrogen and oxygen atoms in total. The first kappa shape index (κ1) is 10.4. The summed E-state index contributed by atoms with van der Waals surface area (Å²) < 4.78 is 0. The monoisotopic (exact) mass is 158 g/mol. The van der Waals surface area contributed by atoms with Crippen LogP contribution in [-0.4, -0.2) is 23.5 Å². The van der Waals surface area contributed by atoms with Crippen LogP contribution in [-0.2, 0) is 4.79 Å². The van der Waals surface area contributed by atoms with Gasteiger partial charge in [-0.15, -0.1) is 0 Å². The Labute approximate surface area is 68.7 Å². The highest BCUT2D eigenvalue weighted by Crippen LogP contribution is 2.15. The number of carbonyl (C=O) groups excluding carboxylic acids is 1. The number of hydrogen-bond donors (Lipinski definition) is 1. The van der Waals surface area contributed by atoms with Gasteiger partial charge in [0.2, 0.25) is 5.91 Å². The summed E-state index contributed by atoms with van der Waals surface area (Å²) in [5, 5.41) is 1.65. The van der Waals surface area contributed by atoms with E-state index in [9.17, 15) is 4.79 Å². The third-order valence-corrected chi connectivity index (χ3v) is 2.01. The van der Waals surface area contributed by atoms with Crippen LogP contribution in [0.15, 0.2) is 0 Å². The van der Waals surface area contributed by atoms with Crippen LogP contribution in [0.5, 0.6) is 0 Å². The van der Waals surface area contributed by atoms with Crippen LogP contribution in [0.4, 0.5) is 0 Å². The van der Waals surface area contributed by atoms with E-state index in [-0.39, 0.29) is 11.4 Å². The Balaban J connectivity index is 4.36. The highest BCUT2D eigenvalue weighted by atomic mass is 16.2. The second kappa shape index (κ2) is 3.72. The van der Waals surface area contributed by atoms with Crippen molar-refractivity contribution in [2.75, 3.05) is 7.05 Å². The van der Waals surface area contributed by atoms with Gasteiger partial charge in [0.1, 0.15) is 0 Å². The minimum Gasteiger partial charge on any atom is -0.274 e. The quantitative estimate of drug-likeness (QED) is 0.625. The lowest BCUT2D eigenvalue weighted by molar-refractivity contribution is -0.138. The summed E-state index contributed by atoms with van der Waals surface area (Å²) in [4.78, 5) is 11.0. The van der Waals surface area contributed by atoms with E-state index in [1.807, 2.05) is 13.8 Å². The Hall–Kier alpha value is -0.570. The Kier molecular flexibility index (Phi) is 3.52. The van der Waals surface area contributed by atoms with Crippen molar-refractivity contribution in [3.05, 3.63) is 0 Å². The van der Waals surface area contributed by atoms with Crippen LogP contribution >= 0.6 is 0 Å². The van der Waals surface area contributed by atoms with Gasteiger partial charge < -0.3 is 0 Å². The van der Waals surface area contributed by atoms with E-state index in [1.54, 1.807) is 19.0 Å². The molecule has 0 rings (SSSR count). The molecule has 66 valence electrons. The first-order chi connectivity index (χ1) is 4.95. The predicted octanol–water partition coefficient (Wildman–Crippen LogP) is 1.16. The molecule has 0 aliphatic rings. The van der Waals surface area contributed by atoms with Crippen LogP contribution in [0.25, 0.3) is 0 Å². The highest BCUT2D eigenvalue weighted by Gasteiger charge is 2.25. The Bertz CT molecular complexity index is 143. The molecule has 11 heavy (non-hydrogen) atoms. The van der Waals surface area contributed by atoms with Gasteiger partial charge in [0, 0.05) is 14.0 Å². The van der Waals surface area contributed by atoms with Crippen molar-refractivity contribution in [1.82, 2.24) is 10.4 Å². The minimum absolute atomic E-state index is 0.0550. The van der Waals surface area contributed by atoms with Crippen LogP contribution in [0.2, 0.25) is 0 Å². The molecule has 0 spiro atoms. The zero-order valence-corrected chi connectivity index (χ0v) is 8.06. The summed E-state index contributed by atoms with van der Waals surface area (Å²) >= 11 is 0. The molecule has 0 aliphatic heterocycles. The lowest BCUT2D eigenvalue weighted by atomic mass is 10.0. The lowest BCUT2D eigenvalue weighted by Crippen LogP contribution is -2.52. The highest BCUT2D eigenvalue weighted by molar-refractivity contribution is 5.73. The largest absolute Gasteiger partial charge is 0.274 e. The molecule has 0 heterocycles. The van der Waals surface area contributed by atoms with E-state index < -0.39 is 0 Å². The van der Waals surface area contributed by atoms with Gasteiger partial charge in [-0.3, -0.25) is 9.80 Å².